The van der Waals surface area contributed by atoms with Crippen LogP contribution in [0.1, 0.15) is 25.0 Å². The summed E-state index contributed by atoms with van der Waals surface area (Å²) in [7, 11) is 0. The standard InChI is InChI=1S/2C7H8Cl2N2/c2*1-2-4-3-5(8)11-7(9)6(4)10/h2*3H,2,10H2,1H3. The maximum atomic E-state index is 5.68. The lowest BCUT2D eigenvalue weighted by Crippen LogP contribution is -1.96. The first-order valence-electron chi connectivity index (χ1n) is 6.50. The van der Waals surface area contributed by atoms with Crippen molar-refractivity contribution >= 4 is 57.8 Å². The number of hydrogen-bond acceptors (Lipinski definition) is 4. The zero-order chi connectivity index (χ0) is 16.9. The first-order chi connectivity index (χ1) is 10.3. The van der Waals surface area contributed by atoms with E-state index in [0.29, 0.717) is 21.7 Å². The minimum Gasteiger partial charge on any atom is -0.396 e. The summed E-state index contributed by atoms with van der Waals surface area (Å²) in [6.07, 6.45) is 1.63. The largest absolute Gasteiger partial charge is 0.396 e. The van der Waals surface area contributed by atoms with E-state index in [1.165, 1.54) is 0 Å². The number of nitrogens with zero attached hydrogens (tertiary/aromatic N) is 2. The summed E-state index contributed by atoms with van der Waals surface area (Å²) in [5, 5.41) is 1.35. The Labute approximate surface area is 149 Å². The molecule has 4 nitrogen and oxygen atoms in total. The molecule has 0 aliphatic heterocycles. The summed E-state index contributed by atoms with van der Waals surface area (Å²) in [6.45, 7) is 3.97. The molecule has 0 aromatic carbocycles. The fraction of sp³-hybridized carbons (Fsp3) is 0.286. The fourth-order valence-electron chi connectivity index (χ4n) is 1.67. The van der Waals surface area contributed by atoms with Crippen molar-refractivity contribution in [2.45, 2.75) is 26.7 Å². The third-order valence-corrected chi connectivity index (χ3v) is 3.86. The summed E-state index contributed by atoms with van der Waals surface area (Å²) < 4.78 is 0. The fourth-order valence-corrected chi connectivity index (χ4v) is 2.61. The molecule has 2 rings (SSSR count). The van der Waals surface area contributed by atoms with E-state index in [1.807, 2.05) is 13.8 Å². The van der Waals surface area contributed by atoms with Crippen molar-refractivity contribution in [1.82, 2.24) is 9.97 Å². The number of nitrogens with two attached hydrogens (primary N) is 2. The number of halogens is 4. The number of nitrogen functional groups attached to an aromatic ring is 2. The van der Waals surface area contributed by atoms with Crippen molar-refractivity contribution in [2.24, 2.45) is 0 Å². The van der Waals surface area contributed by atoms with Crippen molar-refractivity contribution in [3.63, 3.8) is 0 Å². The Balaban J connectivity index is 0.000000220. The highest BCUT2D eigenvalue weighted by Crippen LogP contribution is 2.24. The molecule has 120 valence electrons. The first-order valence-corrected chi connectivity index (χ1v) is 8.02. The van der Waals surface area contributed by atoms with Crippen LogP contribution in [0, 0.1) is 0 Å². The topological polar surface area (TPSA) is 77.8 Å². The summed E-state index contributed by atoms with van der Waals surface area (Å²) >= 11 is 22.7. The van der Waals surface area contributed by atoms with Gasteiger partial charge in [-0.15, -0.1) is 0 Å². The summed E-state index contributed by atoms with van der Waals surface area (Å²) in [6, 6.07) is 3.45. The quantitative estimate of drug-likeness (QED) is 0.712. The molecule has 2 aromatic heterocycles. The number of aryl methyl sites for hydroxylation is 2. The van der Waals surface area contributed by atoms with Gasteiger partial charge in [-0.25, -0.2) is 9.97 Å². The number of aromatic nitrogens is 2. The molecular formula is C14H16Cl4N4. The Morgan fingerprint density at radius 1 is 0.773 bits per heavy atom. The van der Waals surface area contributed by atoms with Gasteiger partial charge in [-0.2, -0.15) is 0 Å². The van der Waals surface area contributed by atoms with Gasteiger partial charge in [-0.1, -0.05) is 60.3 Å². The van der Waals surface area contributed by atoms with Gasteiger partial charge in [0, 0.05) is 0 Å². The van der Waals surface area contributed by atoms with E-state index < -0.39 is 0 Å². The summed E-state index contributed by atoms with van der Waals surface area (Å²) in [5.74, 6) is 0. The molecule has 2 aromatic rings. The lowest BCUT2D eigenvalue weighted by molar-refractivity contribution is 1.12. The van der Waals surface area contributed by atoms with Crippen molar-refractivity contribution in [1.29, 1.82) is 0 Å². The van der Waals surface area contributed by atoms with Crippen LogP contribution in [-0.2, 0) is 12.8 Å². The van der Waals surface area contributed by atoms with Crippen LogP contribution in [0.4, 0.5) is 11.4 Å². The van der Waals surface area contributed by atoms with Gasteiger partial charge in [0.1, 0.15) is 10.3 Å². The molecule has 4 N–H and O–H groups in total. The van der Waals surface area contributed by atoms with Gasteiger partial charge in [0.05, 0.1) is 11.4 Å². The lowest BCUT2D eigenvalue weighted by atomic mass is 10.2. The second-order valence-corrected chi connectivity index (χ2v) is 5.81. The smallest absolute Gasteiger partial charge is 0.153 e. The molecule has 2 heterocycles. The minimum absolute atomic E-state index is 0.286. The molecule has 0 radical (unpaired) electrons. The van der Waals surface area contributed by atoms with E-state index in [9.17, 15) is 0 Å². The molecule has 0 atom stereocenters. The van der Waals surface area contributed by atoms with Gasteiger partial charge in [0.15, 0.2) is 10.3 Å². The van der Waals surface area contributed by atoms with Crippen molar-refractivity contribution in [3.8, 4) is 0 Å². The second kappa shape index (κ2) is 8.63. The van der Waals surface area contributed by atoms with Crippen molar-refractivity contribution < 1.29 is 0 Å². The SMILES string of the molecule is CCc1cc(Cl)nc(Cl)c1N.CCc1cc(Cl)nc(Cl)c1N. The predicted octanol–water partition coefficient (Wildman–Crippen LogP) is 5.07. The molecule has 0 spiro atoms. The molecule has 8 heteroatoms. The van der Waals surface area contributed by atoms with Gasteiger partial charge in [0.25, 0.3) is 0 Å². The van der Waals surface area contributed by atoms with Crippen LogP contribution in [0.15, 0.2) is 12.1 Å². The Morgan fingerprint density at radius 2 is 1.09 bits per heavy atom. The van der Waals surface area contributed by atoms with E-state index in [4.69, 9.17) is 57.9 Å². The summed E-state index contributed by atoms with van der Waals surface area (Å²) in [5.41, 5.74) is 14.2. The monoisotopic (exact) mass is 380 g/mol. The average molecular weight is 382 g/mol. The van der Waals surface area contributed by atoms with Crippen LogP contribution in [0.25, 0.3) is 0 Å². The van der Waals surface area contributed by atoms with Crippen LogP contribution in [-0.4, -0.2) is 9.97 Å². The Bertz CT molecular complexity index is 604. The van der Waals surface area contributed by atoms with Crippen molar-refractivity contribution in [3.05, 3.63) is 43.9 Å². The molecule has 22 heavy (non-hydrogen) atoms. The maximum Gasteiger partial charge on any atom is 0.153 e. The van der Waals surface area contributed by atoms with Crippen LogP contribution in [0.3, 0.4) is 0 Å². The van der Waals surface area contributed by atoms with E-state index in [2.05, 4.69) is 9.97 Å². The van der Waals surface area contributed by atoms with Gasteiger partial charge in [-0.05, 0) is 36.1 Å². The highest BCUT2D eigenvalue weighted by molar-refractivity contribution is 6.34. The molecule has 0 aliphatic rings. The summed E-state index contributed by atoms with van der Waals surface area (Å²) in [4.78, 5) is 7.58. The van der Waals surface area contributed by atoms with Crippen LogP contribution >= 0.6 is 46.4 Å². The molecule has 0 unspecified atom stereocenters. The molecule has 0 amide bonds. The third-order valence-electron chi connectivity index (χ3n) is 2.89. The molecule has 0 fully saturated rings. The Hall–Kier alpha value is -0.940. The van der Waals surface area contributed by atoms with E-state index >= 15 is 0 Å². The van der Waals surface area contributed by atoms with E-state index in [-0.39, 0.29) is 10.3 Å². The third kappa shape index (κ3) is 5.06. The Kier molecular flexibility index (Phi) is 7.49. The highest BCUT2D eigenvalue weighted by atomic mass is 35.5. The van der Waals surface area contributed by atoms with Gasteiger partial charge in [0.2, 0.25) is 0 Å². The molecule has 0 saturated carbocycles. The molecule has 0 aliphatic carbocycles. The maximum absolute atomic E-state index is 5.68. The van der Waals surface area contributed by atoms with Gasteiger partial charge in [-0.3, -0.25) is 0 Å². The molecule has 0 bridgehead atoms. The first kappa shape index (κ1) is 19.1. The molecule has 0 saturated heterocycles. The van der Waals surface area contributed by atoms with E-state index in [1.54, 1.807) is 12.1 Å². The number of rotatable bonds is 2. The van der Waals surface area contributed by atoms with Crippen LogP contribution in [0.2, 0.25) is 20.6 Å². The number of hydrogen-bond donors (Lipinski definition) is 2. The second-order valence-electron chi connectivity index (χ2n) is 4.32. The zero-order valence-corrected chi connectivity index (χ0v) is 15.2. The minimum atomic E-state index is 0.286. The number of anilines is 2. The molecular weight excluding hydrogens is 366 g/mol. The zero-order valence-electron chi connectivity index (χ0n) is 12.1. The van der Waals surface area contributed by atoms with Gasteiger partial charge < -0.3 is 11.5 Å². The number of pyridine rings is 2. The van der Waals surface area contributed by atoms with E-state index in [0.717, 1.165) is 24.0 Å². The Morgan fingerprint density at radius 3 is 1.36 bits per heavy atom. The van der Waals surface area contributed by atoms with Crippen LogP contribution < -0.4 is 11.5 Å². The average Bonchev–Trinajstić information content (AvgIpc) is 2.47. The lowest BCUT2D eigenvalue weighted by Gasteiger charge is -2.03. The van der Waals surface area contributed by atoms with Gasteiger partial charge >= 0.3 is 0 Å². The van der Waals surface area contributed by atoms with Crippen LogP contribution in [0.5, 0.6) is 0 Å². The highest BCUT2D eigenvalue weighted by Gasteiger charge is 2.05. The predicted molar refractivity (Wildman–Crippen MR) is 96.1 cm³/mol. The normalized spacial score (nSPS) is 10.1. The van der Waals surface area contributed by atoms with Crippen molar-refractivity contribution in [2.75, 3.05) is 11.5 Å².